The molecule has 1 fully saturated rings. The molecule has 1 aliphatic rings. The standard InChI is InChI=1S/C10H17ClO2/c1-9(2,3)10(13-7-12)6-8(10)4-5-11/h7-8H,4-6H2,1-3H3. The minimum absolute atomic E-state index is 0.0185. The van der Waals surface area contributed by atoms with Gasteiger partial charge in [-0.2, -0.15) is 0 Å². The van der Waals surface area contributed by atoms with Crippen LogP contribution in [-0.2, 0) is 9.53 Å². The third kappa shape index (κ3) is 1.83. The van der Waals surface area contributed by atoms with E-state index in [-0.39, 0.29) is 11.0 Å². The summed E-state index contributed by atoms with van der Waals surface area (Å²) in [4.78, 5) is 10.4. The zero-order chi connectivity index (χ0) is 10.1. The number of halogens is 1. The Bertz CT molecular complexity index is 198. The van der Waals surface area contributed by atoms with Crippen LogP contribution in [0.2, 0.25) is 0 Å². The Kier molecular flexibility index (Phi) is 2.91. The van der Waals surface area contributed by atoms with Crippen molar-refractivity contribution in [3.8, 4) is 0 Å². The largest absolute Gasteiger partial charge is 0.460 e. The molecular weight excluding hydrogens is 188 g/mol. The molecule has 0 N–H and O–H groups in total. The van der Waals surface area contributed by atoms with Gasteiger partial charge in [0.2, 0.25) is 0 Å². The first-order valence-corrected chi connectivity index (χ1v) is 5.19. The molecule has 0 radical (unpaired) electrons. The number of hydrogen-bond donors (Lipinski definition) is 0. The third-order valence-electron chi connectivity index (χ3n) is 3.03. The molecule has 0 spiro atoms. The van der Waals surface area contributed by atoms with Gasteiger partial charge in [-0.1, -0.05) is 20.8 Å². The van der Waals surface area contributed by atoms with Crippen LogP contribution in [0.5, 0.6) is 0 Å². The van der Waals surface area contributed by atoms with E-state index in [9.17, 15) is 4.79 Å². The van der Waals surface area contributed by atoms with E-state index >= 15 is 0 Å². The lowest BCUT2D eigenvalue weighted by atomic mass is 9.84. The van der Waals surface area contributed by atoms with Gasteiger partial charge in [-0.25, -0.2) is 0 Å². The summed E-state index contributed by atoms with van der Waals surface area (Å²) in [5.41, 5.74) is -0.228. The fourth-order valence-electron chi connectivity index (χ4n) is 2.10. The summed E-state index contributed by atoms with van der Waals surface area (Å²) in [6, 6.07) is 0. The zero-order valence-corrected chi connectivity index (χ0v) is 9.23. The van der Waals surface area contributed by atoms with Crippen molar-refractivity contribution in [2.24, 2.45) is 11.3 Å². The molecule has 0 saturated heterocycles. The predicted molar refractivity (Wildman–Crippen MR) is 52.8 cm³/mol. The van der Waals surface area contributed by atoms with Crippen LogP contribution in [0.4, 0.5) is 0 Å². The molecule has 1 rings (SSSR count). The zero-order valence-electron chi connectivity index (χ0n) is 8.47. The molecule has 13 heavy (non-hydrogen) atoms. The Morgan fingerprint density at radius 2 is 2.23 bits per heavy atom. The van der Waals surface area contributed by atoms with Crippen LogP contribution in [0.25, 0.3) is 0 Å². The molecule has 2 atom stereocenters. The molecule has 0 amide bonds. The predicted octanol–water partition coefficient (Wildman–Crippen LogP) is 2.59. The fraction of sp³-hybridized carbons (Fsp3) is 0.900. The van der Waals surface area contributed by atoms with Crippen molar-refractivity contribution < 1.29 is 9.53 Å². The summed E-state index contributed by atoms with van der Waals surface area (Å²) in [5, 5.41) is 0. The number of alkyl halides is 1. The van der Waals surface area contributed by atoms with Crippen LogP contribution in [0.1, 0.15) is 33.6 Å². The molecule has 0 aromatic carbocycles. The van der Waals surface area contributed by atoms with Crippen molar-refractivity contribution in [3.63, 3.8) is 0 Å². The molecule has 0 aromatic heterocycles. The Labute approximate surface area is 84.6 Å². The van der Waals surface area contributed by atoms with Gasteiger partial charge in [0, 0.05) is 17.2 Å². The normalized spacial score (nSPS) is 32.8. The minimum atomic E-state index is -0.246. The van der Waals surface area contributed by atoms with Crippen molar-refractivity contribution in [2.75, 3.05) is 5.88 Å². The Morgan fingerprint density at radius 1 is 1.62 bits per heavy atom. The highest BCUT2D eigenvalue weighted by atomic mass is 35.5. The Balaban J connectivity index is 2.65. The quantitative estimate of drug-likeness (QED) is 0.520. The van der Waals surface area contributed by atoms with Gasteiger partial charge in [0.1, 0.15) is 5.60 Å². The number of carbonyl (C=O) groups excluding carboxylic acids is 1. The number of ether oxygens (including phenoxy) is 1. The molecule has 0 aliphatic heterocycles. The van der Waals surface area contributed by atoms with Crippen molar-refractivity contribution in [2.45, 2.75) is 39.2 Å². The topological polar surface area (TPSA) is 26.3 Å². The molecule has 0 bridgehead atoms. The maximum atomic E-state index is 10.4. The highest BCUT2D eigenvalue weighted by molar-refractivity contribution is 6.17. The van der Waals surface area contributed by atoms with Crippen LogP contribution < -0.4 is 0 Å². The highest BCUT2D eigenvalue weighted by Crippen LogP contribution is 2.59. The van der Waals surface area contributed by atoms with Crippen LogP contribution in [-0.4, -0.2) is 18.0 Å². The van der Waals surface area contributed by atoms with Crippen molar-refractivity contribution in [1.29, 1.82) is 0 Å². The SMILES string of the molecule is CC(C)(C)C1(OC=O)CC1CCCl. The second kappa shape index (κ2) is 3.49. The first-order valence-electron chi connectivity index (χ1n) is 4.65. The highest BCUT2D eigenvalue weighted by Gasteiger charge is 2.63. The summed E-state index contributed by atoms with van der Waals surface area (Å²) in [7, 11) is 0. The average molecular weight is 205 g/mol. The maximum Gasteiger partial charge on any atom is 0.293 e. The summed E-state index contributed by atoms with van der Waals surface area (Å²) in [6.07, 6.45) is 1.90. The van der Waals surface area contributed by atoms with E-state index in [2.05, 4.69) is 20.8 Å². The Hall–Kier alpha value is -0.240. The first kappa shape index (κ1) is 10.8. The lowest BCUT2D eigenvalue weighted by molar-refractivity contribution is -0.143. The van der Waals surface area contributed by atoms with Gasteiger partial charge in [-0.05, 0) is 12.8 Å². The molecule has 1 aliphatic carbocycles. The number of rotatable bonds is 4. The maximum absolute atomic E-state index is 10.4. The smallest absolute Gasteiger partial charge is 0.293 e. The van der Waals surface area contributed by atoms with Gasteiger partial charge in [0.15, 0.2) is 0 Å². The van der Waals surface area contributed by atoms with E-state index in [1.807, 2.05) is 0 Å². The van der Waals surface area contributed by atoms with Crippen molar-refractivity contribution in [1.82, 2.24) is 0 Å². The lowest BCUT2D eigenvalue weighted by Crippen LogP contribution is -2.33. The van der Waals surface area contributed by atoms with E-state index < -0.39 is 0 Å². The molecule has 1 saturated carbocycles. The van der Waals surface area contributed by atoms with Gasteiger partial charge in [-0.15, -0.1) is 11.6 Å². The van der Waals surface area contributed by atoms with E-state index in [1.54, 1.807) is 0 Å². The average Bonchev–Trinajstić information content (AvgIpc) is 2.64. The monoisotopic (exact) mass is 204 g/mol. The molecule has 3 heteroatoms. The van der Waals surface area contributed by atoms with E-state index in [0.29, 0.717) is 18.3 Å². The van der Waals surface area contributed by atoms with Gasteiger partial charge >= 0.3 is 0 Å². The van der Waals surface area contributed by atoms with Crippen LogP contribution in [0.15, 0.2) is 0 Å². The van der Waals surface area contributed by atoms with Crippen LogP contribution in [0.3, 0.4) is 0 Å². The van der Waals surface area contributed by atoms with Gasteiger partial charge in [0.25, 0.3) is 6.47 Å². The summed E-state index contributed by atoms with van der Waals surface area (Å²) in [5.74, 6) is 1.10. The number of hydrogen-bond acceptors (Lipinski definition) is 2. The van der Waals surface area contributed by atoms with Gasteiger partial charge in [-0.3, -0.25) is 4.79 Å². The number of carbonyl (C=O) groups is 1. The molecular formula is C10H17ClO2. The summed E-state index contributed by atoms with van der Waals surface area (Å²) in [6.45, 7) is 6.87. The van der Waals surface area contributed by atoms with E-state index in [4.69, 9.17) is 16.3 Å². The van der Waals surface area contributed by atoms with E-state index in [1.165, 1.54) is 0 Å². The van der Waals surface area contributed by atoms with Gasteiger partial charge in [0.05, 0.1) is 0 Å². The molecule has 2 nitrogen and oxygen atoms in total. The molecule has 76 valence electrons. The van der Waals surface area contributed by atoms with Crippen LogP contribution >= 0.6 is 11.6 Å². The summed E-state index contributed by atoms with van der Waals surface area (Å²) >= 11 is 5.67. The molecule has 0 heterocycles. The molecule has 0 aromatic rings. The minimum Gasteiger partial charge on any atom is -0.460 e. The second-order valence-corrected chi connectivity index (χ2v) is 5.11. The second-order valence-electron chi connectivity index (χ2n) is 4.73. The molecule has 2 unspecified atom stereocenters. The van der Waals surface area contributed by atoms with E-state index in [0.717, 1.165) is 12.8 Å². The first-order chi connectivity index (χ1) is 5.98. The van der Waals surface area contributed by atoms with Gasteiger partial charge < -0.3 is 4.74 Å². The lowest BCUT2D eigenvalue weighted by Gasteiger charge is -2.30. The fourth-order valence-corrected chi connectivity index (χ4v) is 2.36. The van der Waals surface area contributed by atoms with Crippen LogP contribution in [0, 0.1) is 11.3 Å². The van der Waals surface area contributed by atoms with Crippen molar-refractivity contribution >= 4 is 18.1 Å². The third-order valence-corrected chi connectivity index (χ3v) is 3.25. The Morgan fingerprint density at radius 3 is 2.62 bits per heavy atom. The van der Waals surface area contributed by atoms with Crippen molar-refractivity contribution in [3.05, 3.63) is 0 Å². The summed E-state index contributed by atoms with van der Waals surface area (Å²) < 4.78 is 5.23.